The van der Waals surface area contributed by atoms with Crippen molar-refractivity contribution in [3.63, 3.8) is 0 Å². The van der Waals surface area contributed by atoms with Crippen molar-refractivity contribution < 1.29 is 9.59 Å². The lowest BCUT2D eigenvalue weighted by Crippen LogP contribution is -2.40. The molecular formula is C29H33N5O2S. The van der Waals surface area contributed by atoms with E-state index in [9.17, 15) is 9.59 Å². The summed E-state index contributed by atoms with van der Waals surface area (Å²) in [5.41, 5.74) is 2.30. The average Bonchev–Trinajstić information content (AvgIpc) is 3.38. The monoisotopic (exact) mass is 515 g/mol. The molecule has 8 heteroatoms. The summed E-state index contributed by atoms with van der Waals surface area (Å²) in [5.74, 6) is 0.106. The minimum atomic E-state index is -0.525. The fraction of sp³-hybridized carbons (Fsp3) is 0.345. The molecule has 5 rings (SSSR count). The first-order valence-electron chi connectivity index (χ1n) is 12.9. The van der Waals surface area contributed by atoms with Gasteiger partial charge in [-0.1, -0.05) is 55.3 Å². The predicted molar refractivity (Wildman–Crippen MR) is 149 cm³/mol. The third-order valence-electron chi connectivity index (χ3n) is 6.96. The van der Waals surface area contributed by atoms with Crippen molar-refractivity contribution >= 4 is 39.2 Å². The molecule has 0 radical (unpaired) electrons. The van der Waals surface area contributed by atoms with Gasteiger partial charge in [-0.05, 0) is 69.1 Å². The van der Waals surface area contributed by atoms with Gasteiger partial charge in [0, 0.05) is 12.1 Å². The third-order valence-corrected chi connectivity index (χ3v) is 7.98. The number of hydrogen-bond acceptors (Lipinski definition) is 5. The number of nitrogens with one attached hydrogen (secondary N) is 3. The summed E-state index contributed by atoms with van der Waals surface area (Å²) in [7, 11) is 0. The molecule has 0 bridgehead atoms. The highest BCUT2D eigenvalue weighted by Crippen LogP contribution is 2.30. The van der Waals surface area contributed by atoms with E-state index in [1.165, 1.54) is 42.6 Å². The Bertz CT molecular complexity index is 1370. The van der Waals surface area contributed by atoms with Crippen molar-refractivity contribution in [3.05, 3.63) is 82.2 Å². The zero-order valence-electron chi connectivity index (χ0n) is 21.3. The Morgan fingerprint density at radius 3 is 2.38 bits per heavy atom. The number of aromatic amines is 1. The fourth-order valence-corrected chi connectivity index (χ4v) is 5.68. The van der Waals surface area contributed by atoms with Crippen LogP contribution in [0.25, 0.3) is 10.2 Å². The van der Waals surface area contributed by atoms with Gasteiger partial charge in [0.1, 0.15) is 10.6 Å². The van der Waals surface area contributed by atoms with Gasteiger partial charge in [0.25, 0.3) is 11.8 Å². The van der Waals surface area contributed by atoms with Crippen LogP contribution in [0.5, 0.6) is 0 Å². The standard InChI is InChI=1S/C29H33N5O2S/c1-29(2,22-10-6-5-7-11-22)31-27(36)24-18-23-25(32-33-28(23)37-24)30-26(35)21-14-12-20(13-15-21)19-34-16-8-3-4-9-17-34/h5-7,10-15,18H,3-4,8-9,16-17,19H2,1-2H3,(H,31,36)(H2,30,32,33,35). The zero-order valence-corrected chi connectivity index (χ0v) is 22.2. The number of hydrogen-bond donors (Lipinski definition) is 3. The molecule has 1 fully saturated rings. The van der Waals surface area contributed by atoms with Crippen LogP contribution in [-0.2, 0) is 12.1 Å². The number of nitrogens with zero attached hydrogens (tertiary/aromatic N) is 2. The Hall–Kier alpha value is -3.49. The highest BCUT2D eigenvalue weighted by atomic mass is 32.1. The van der Waals surface area contributed by atoms with E-state index >= 15 is 0 Å². The SMILES string of the molecule is CC(C)(NC(=O)c1cc2c(NC(=O)c3ccc(CN4CCCCCC4)cc3)[nH]nc2s1)c1ccccc1. The molecule has 1 aliphatic rings. The molecule has 1 aliphatic heterocycles. The number of benzene rings is 2. The van der Waals surface area contributed by atoms with E-state index in [4.69, 9.17) is 0 Å². The molecule has 0 unspecified atom stereocenters. The van der Waals surface area contributed by atoms with Crippen LogP contribution < -0.4 is 10.6 Å². The normalized spacial score (nSPS) is 14.9. The number of carbonyl (C=O) groups is 2. The number of amides is 2. The summed E-state index contributed by atoms with van der Waals surface area (Å²) in [5, 5.41) is 14.0. The molecule has 2 amide bonds. The van der Waals surface area contributed by atoms with Gasteiger partial charge in [-0.15, -0.1) is 11.3 Å². The molecule has 3 N–H and O–H groups in total. The minimum Gasteiger partial charge on any atom is -0.342 e. The molecular weight excluding hydrogens is 482 g/mol. The van der Waals surface area contributed by atoms with Crippen molar-refractivity contribution in [2.45, 2.75) is 51.6 Å². The molecule has 0 spiro atoms. The van der Waals surface area contributed by atoms with Crippen molar-refractivity contribution in [2.24, 2.45) is 0 Å². The van der Waals surface area contributed by atoms with E-state index in [1.807, 2.05) is 68.4 Å². The van der Waals surface area contributed by atoms with Crippen LogP contribution in [0, 0.1) is 0 Å². The lowest BCUT2D eigenvalue weighted by molar-refractivity contribution is 0.0915. The maximum absolute atomic E-state index is 13.0. The van der Waals surface area contributed by atoms with E-state index in [2.05, 4.69) is 25.7 Å². The van der Waals surface area contributed by atoms with Gasteiger partial charge < -0.3 is 10.6 Å². The number of H-pyrrole nitrogens is 1. The summed E-state index contributed by atoms with van der Waals surface area (Å²) in [6.07, 6.45) is 5.16. The Morgan fingerprint density at radius 2 is 1.68 bits per heavy atom. The number of rotatable bonds is 7. The minimum absolute atomic E-state index is 0.172. The molecule has 2 aromatic heterocycles. The Morgan fingerprint density at radius 1 is 0.973 bits per heavy atom. The first-order valence-corrected chi connectivity index (χ1v) is 13.7. The van der Waals surface area contributed by atoms with Crippen LogP contribution in [0.15, 0.2) is 60.7 Å². The van der Waals surface area contributed by atoms with E-state index < -0.39 is 5.54 Å². The van der Waals surface area contributed by atoms with Gasteiger partial charge in [0.05, 0.1) is 15.8 Å². The van der Waals surface area contributed by atoms with Gasteiger partial charge in [-0.25, -0.2) is 0 Å². The molecule has 4 aromatic rings. The highest BCUT2D eigenvalue weighted by Gasteiger charge is 2.25. The first kappa shape index (κ1) is 25.2. The Kier molecular flexibility index (Phi) is 7.39. The summed E-state index contributed by atoms with van der Waals surface area (Å²) in [4.78, 5) is 29.7. The van der Waals surface area contributed by atoms with Gasteiger partial charge in [-0.3, -0.25) is 19.6 Å². The van der Waals surface area contributed by atoms with Gasteiger partial charge in [0.15, 0.2) is 0 Å². The van der Waals surface area contributed by atoms with Gasteiger partial charge >= 0.3 is 0 Å². The molecule has 0 aliphatic carbocycles. The fourth-order valence-electron chi connectivity index (χ4n) is 4.79. The molecule has 192 valence electrons. The molecule has 2 aromatic carbocycles. The lowest BCUT2D eigenvalue weighted by Gasteiger charge is -2.26. The molecule has 0 atom stereocenters. The zero-order chi connectivity index (χ0) is 25.8. The first-order chi connectivity index (χ1) is 17.9. The van der Waals surface area contributed by atoms with E-state index in [0.29, 0.717) is 21.1 Å². The second kappa shape index (κ2) is 10.9. The summed E-state index contributed by atoms with van der Waals surface area (Å²) in [6, 6.07) is 19.4. The Labute approximate surface area is 221 Å². The van der Waals surface area contributed by atoms with Crippen LogP contribution in [0.3, 0.4) is 0 Å². The van der Waals surface area contributed by atoms with Crippen LogP contribution >= 0.6 is 11.3 Å². The van der Waals surface area contributed by atoms with E-state index in [0.717, 1.165) is 30.6 Å². The molecule has 1 saturated heterocycles. The number of likely N-dealkylation sites (tertiary alicyclic amines) is 1. The largest absolute Gasteiger partial charge is 0.342 e. The maximum Gasteiger partial charge on any atom is 0.262 e. The summed E-state index contributed by atoms with van der Waals surface area (Å²) < 4.78 is 0. The second-order valence-corrected chi connectivity index (χ2v) is 11.2. The number of aromatic nitrogens is 2. The topological polar surface area (TPSA) is 90.1 Å². The predicted octanol–water partition coefficient (Wildman–Crippen LogP) is 5.92. The number of carbonyl (C=O) groups excluding carboxylic acids is 2. The molecule has 7 nitrogen and oxygen atoms in total. The lowest BCUT2D eigenvalue weighted by atomic mass is 9.94. The van der Waals surface area contributed by atoms with E-state index in [1.54, 1.807) is 6.07 Å². The molecule has 0 saturated carbocycles. The van der Waals surface area contributed by atoms with Crippen molar-refractivity contribution in [1.29, 1.82) is 0 Å². The number of thiophene rings is 1. The maximum atomic E-state index is 13.0. The third kappa shape index (κ3) is 5.92. The number of fused-ring (bicyclic) bond motifs is 1. The average molecular weight is 516 g/mol. The molecule has 37 heavy (non-hydrogen) atoms. The van der Waals surface area contributed by atoms with Gasteiger partial charge in [-0.2, -0.15) is 5.10 Å². The van der Waals surface area contributed by atoms with Crippen molar-refractivity contribution in [2.75, 3.05) is 18.4 Å². The van der Waals surface area contributed by atoms with Crippen molar-refractivity contribution in [1.82, 2.24) is 20.4 Å². The quantitative estimate of drug-likeness (QED) is 0.285. The van der Waals surface area contributed by atoms with Crippen LogP contribution in [0.4, 0.5) is 5.82 Å². The molecule has 3 heterocycles. The second-order valence-electron chi connectivity index (χ2n) is 10.2. The van der Waals surface area contributed by atoms with Crippen LogP contribution in [-0.4, -0.2) is 40.0 Å². The Balaban J connectivity index is 1.24. The van der Waals surface area contributed by atoms with Gasteiger partial charge in [0.2, 0.25) is 0 Å². The summed E-state index contributed by atoms with van der Waals surface area (Å²) >= 11 is 1.29. The van der Waals surface area contributed by atoms with Crippen molar-refractivity contribution in [3.8, 4) is 0 Å². The smallest absolute Gasteiger partial charge is 0.262 e. The van der Waals surface area contributed by atoms with Crippen LogP contribution in [0.2, 0.25) is 0 Å². The van der Waals surface area contributed by atoms with Crippen LogP contribution in [0.1, 0.15) is 70.7 Å². The highest BCUT2D eigenvalue weighted by molar-refractivity contribution is 7.20. The number of anilines is 1. The summed E-state index contributed by atoms with van der Waals surface area (Å²) in [6.45, 7) is 7.16. The van der Waals surface area contributed by atoms with E-state index in [-0.39, 0.29) is 11.8 Å².